The molecular formula is C23H29N3O2. The Bertz CT molecular complexity index is 799. The fourth-order valence-corrected chi connectivity index (χ4v) is 3.53. The number of piperazine rings is 1. The number of hydrogen-bond acceptors (Lipinski definition) is 3. The molecule has 0 aliphatic carbocycles. The second-order valence-corrected chi connectivity index (χ2v) is 7.38. The number of nitrogens with one attached hydrogen (secondary N) is 1. The minimum atomic E-state index is -0.00131. The largest absolute Gasteiger partial charge is 0.336 e. The van der Waals surface area contributed by atoms with Gasteiger partial charge in [-0.2, -0.15) is 0 Å². The Morgan fingerprint density at radius 1 is 0.964 bits per heavy atom. The van der Waals surface area contributed by atoms with Gasteiger partial charge in [-0.15, -0.1) is 0 Å². The number of nitrogens with zero attached hydrogens (tertiary/aromatic N) is 2. The van der Waals surface area contributed by atoms with Gasteiger partial charge >= 0.3 is 0 Å². The number of carbonyl (C=O) groups excluding carboxylic acids is 2. The Morgan fingerprint density at radius 2 is 1.61 bits per heavy atom. The first-order valence-corrected chi connectivity index (χ1v) is 10.0. The monoisotopic (exact) mass is 379 g/mol. The number of benzene rings is 2. The van der Waals surface area contributed by atoms with Gasteiger partial charge in [0.05, 0.1) is 6.54 Å². The summed E-state index contributed by atoms with van der Waals surface area (Å²) in [4.78, 5) is 29.0. The van der Waals surface area contributed by atoms with Gasteiger partial charge in [-0.3, -0.25) is 14.5 Å². The van der Waals surface area contributed by atoms with E-state index in [1.54, 1.807) is 0 Å². The summed E-state index contributed by atoms with van der Waals surface area (Å²) in [5, 5.41) is 3.07. The molecule has 0 radical (unpaired) electrons. The minimum Gasteiger partial charge on any atom is -0.336 e. The van der Waals surface area contributed by atoms with Crippen LogP contribution >= 0.6 is 0 Å². The normalized spacial score (nSPS) is 15.9. The van der Waals surface area contributed by atoms with Crippen molar-refractivity contribution in [1.82, 2.24) is 9.80 Å². The predicted molar refractivity (Wildman–Crippen MR) is 113 cm³/mol. The zero-order valence-electron chi connectivity index (χ0n) is 16.7. The molecule has 1 aliphatic heterocycles. The van der Waals surface area contributed by atoms with Crippen LogP contribution in [0.5, 0.6) is 0 Å². The first-order chi connectivity index (χ1) is 13.6. The van der Waals surface area contributed by atoms with Crippen LogP contribution in [0.2, 0.25) is 0 Å². The zero-order valence-corrected chi connectivity index (χ0v) is 16.7. The lowest BCUT2D eigenvalue weighted by Crippen LogP contribution is -2.50. The van der Waals surface area contributed by atoms with Crippen molar-refractivity contribution >= 4 is 17.5 Å². The Hall–Kier alpha value is -2.66. The van der Waals surface area contributed by atoms with Crippen LogP contribution < -0.4 is 5.32 Å². The molecule has 3 rings (SSSR count). The Kier molecular flexibility index (Phi) is 6.82. The zero-order chi connectivity index (χ0) is 19.9. The SMILES string of the molecule is CC[C@@H](C)c1ccccc1NC(=O)CN1CCN(C(=O)c2ccccc2)CC1. The van der Waals surface area contributed by atoms with Crippen LogP contribution in [0.15, 0.2) is 54.6 Å². The number of carbonyl (C=O) groups is 2. The third-order valence-electron chi connectivity index (χ3n) is 5.43. The summed E-state index contributed by atoms with van der Waals surface area (Å²) in [5.41, 5.74) is 2.80. The van der Waals surface area contributed by atoms with E-state index in [0.29, 0.717) is 38.6 Å². The molecule has 2 aromatic carbocycles. The lowest BCUT2D eigenvalue weighted by Gasteiger charge is -2.34. The molecule has 0 spiro atoms. The molecule has 1 saturated heterocycles. The van der Waals surface area contributed by atoms with Gasteiger partial charge in [-0.05, 0) is 36.1 Å². The van der Waals surface area contributed by atoms with E-state index in [2.05, 4.69) is 30.1 Å². The van der Waals surface area contributed by atoms with Gasteiger partial charge in [-0.25, -0.2) is 0 Å². The summed E-state index contributed by atoms with van der Waals surface area (Å²) in [6, 6.07) is 17.4. The average Bonchev–Trinajstić information content (AvgIpc) is 2.74. The smallest absolute Gasteiger partial charge is 0.253 e. The third-order valence-corrected chi connectivity index (χ3v) is 5.43. The Labute approximate surface area is 167 Å². The summed E-state index contributed by atoms with van der Waals surface area (Å²) in [6.07, 6.45) is 1.03. The van der Waals surface area contributed by atoms with Crippen LogP contribution in [0.25, 0.3) is 0 Å². The van der Waals surface area contributed by atoms with Crippen LogP contribution in [0, 0.1) is 0 Å². The van der Waals surface area contributed by atoms with Crippen molar-refractivity contribution in [3.8, 4) is 0 Å². The molecule has 5 nitrogen and oxygen atoms in total. The van der Waals surface area contributed by atoms with E-state index in [1.165, 1.54) is 5.56 Å². The number of rotatable bonds is 6. The van der Waals surface area contributed by atoms with Crippen LogP contribution in [-0.2, 0) is 4.79 Å². The second-order valence-electron chi connectivity index (χ2n) is 7.38. The Balaban J connectivity index is 1.51. The fourth-order valence-electron chi connectivity index (χ4n) is 3.53. The molecule has 2 aromatic rings. The maximum Gasteiger partial charge on any atom is 0.253 e. The molecule has 1 N–H and O–H groups in total. The quantitative estimate of drug-likeness (QED) is 0.834. The van der Waals surface area contributed by atoms with Gasteiger partial charge in [0.1, 0.15) is 0 Å². The van der Waals surface area contributed by atoms with Crippen molar-refractivity contribution in [3.05, 3.63) is 65.7 Å². The highest BCUT2D eigenvalue weighted by Gasteiger charge is 2.23. The molecule has 2 amide bonds. The van der Waals surface area contributed by atoms with E-state index in [1.807, 2.05) is 53.4 Å². The number of hydrogen-bond donors (Lipinski definition) is 1. The standard InChI is InChI=1S/C23H29N3O2/c1-3-18(2)20-11-7-8-12-21(20)24-22(27)17-25-13-15-26(16-14-25)23(28)19-9-5-4-6-10-19/h4-12,18H,3,13-17H2,1-2H3,(H,24,27)/t18-/m1/s1. The number of para-hydroxylation sites is 1. The highest BCUT2D eigenvalue weighted by atomic mass is 16.2. The molecule has 1 atom stereocenters. The number of amides is 2. The van der Waals surface area contributed by atoms with Crippen LogP contribution in [-0.4, -0.2) is 54.3 Å². The maximum atomic E-state index is 12.5. The molecule has 0 saturated carbocycles. The molecule has 28 heavy (non-hydrogen) atoms. The van der Waals surface area contributed by atoms with Crippen molar-refractivity contribution in [1.29, 1.82) is 0 Å². The second kappa shape index (κ2) is 9.51. The molecule has 1 aliphatic rings. The van der Waals surface area contributed by atoms with Crippen molar-refractivity contribution in [2.75, 3.05) is 38.0 Å². The summed E-state index contributed by atoms with van der Waals surface area (Å²) in [7, 11) is 0. The van der Waals surface area contributed by atoms with E-state index < -0.39 is 0 Å². The molecule has 0 aromatic heterocycles. The van der Waals surface area contributed by atoms with Crippen molar-refractivity contribution < 1.29 is 9.59 Å². The number of anilines is 1. The van der Waals surface area contributed by atoms with Crippen LogP contribution in [0.3, 0.4) is 0 Å². The highest BCUT2D eigenvalue weighted by Crippen LogP contribution is 2.26. The van der Waals surface area contributed by atoms with E-state index in [-0.39, 0.29) is 11.8 Å². The van der Waals surface area contributed by atoms with Crippen LogP contribution in [0.4, 0.5) is 5.69 Å². The first-order valence-electron chi connectivity index (χ1n) is 10.0. The highest BCUT2D eigenvalue weighted by molar-refractivity contribution is 5.94. The lowest BCUT2D eigenvalue weighted by molar-refractivity contribution is -0.117. The van der Waals surface area contributed by atoms with Crippen LogP contribution in [0.1, 0.15) is 42.1 Å². The minimum absolute atomic E-state index is 0.00131. The van der Waals surface area contributed by atoms with Crippen molar-refractivity contribution in [3.63, 3.8) is 0 Å². The summed E-state index contributed by atoms with van der Waals surface area (Å²) in [5.74, 6) is 0.467. The van der Waals surface area contributed by atoms with E-state index >= 15 is 0 Å². The van der Waals surface area contributed by atoms with Crippen molar-refractivity contribution in [2.45, 2.75) is 26.2 Å². The average molecular weight is 380 g/mol. The molecular weight excluding hydrogens is 350 g/mol. The van der Waals surface area contributed by atoms with Crippen molar-refractivity contribution in [2.24, 2.45) is 0 Å². The van der Waals surface area contributed by atoms with Gasteiger partial charge in [0.2, 0.25) is 5.91 Å². The molecule has 1 fully saturated rings. The molecule has 148 valence electrons. The summed E-state index contributed by atoms with van der Waals surface area (Å²) in [6.45, 7) is 7.38. The van der Waals surface area contributed by atoms with Gasteiger partial charge in [-0.1, -0.05) is 50.2 Å². The summed E-state index contributed by atoms with van der Waals surface area (Å²) >= 11 is 0. The third kappa shape index (κ3) is 4.98. The summed E-state index contributed by atoms with van der Waals surface area (Å²) < 4.78 is 0. The predicted octanol–water partition coefficient (Wildman–Crippen LogP) is 3.60. The molecule has 1 heterocycles. The van der Waals surface area contributed by atoms with Gasteiger partial charge in [0.15, 0.2) is 0 Å². The fraction of sp³-hybridized carbons (Fsp3) is 0.391. The van der Waals surface area contributed by atoms with E-state index in [0.717, 1.165) is 17.7 Å². The van der Waals surface area contributed by atoms with Gasteiger partial charge in [0.25, 0.3) is 5.91 Å². The molecule has 0 unspecified atom stereocenters. The topological polar surface area (TPSA) is 52.7 Å². The molecule has 5 heteroatoms. The van der Waals surface area contributed by atoms with Gasteiger partial charge in [0, 0.05) is 37.4 Å². The van der Waals surface area contributed by atoms with E-state index in [4.69, 9.17) is 0 Å². The lowest BCUT2D eigenvalue weighted by atomic mass is 9.97. The Morgan fingerprint density at radius 3 is 2.29 bits per heavy atom. The maximum absolute atomic E-state index is 12.5. The molecule has 0 bridgehead atoms. The van der Waals surface area contributed by atoms with E-state index in [9.17, 15) is 9.59 Å². The van der Waals surface area contributed by atoms with Gasteiger partial charge < -0.3 is 10.2 Å². The first kappa shape index (κ1) is 20.1.